The van der Waals surface area contributed by atoms with Gasteiger partial charge in [0.1, 0.15) is 24.7 Å². The minimum Gasteiger partial charge on any atom is -0.459 e. The van der Waals surface area contributed by atoms with Gasteiger partial charge in [0.25, 0.3) is 5.91 Å². The average Bonchev–Trinajstić information content (AvgIpc) is 3.95. The third-order valence-electron chi connectivity index (χ3n) is 10.1. The summed E-state index contributed by atoms with van der Waals surface area (Å²) >= 11 is 0. The first-order chi connectivity index (χ1) is 21.6. The van der Waals surface area contributed by atoms with E-state index in [0.717, 1.165) is 31.2 Å². The summed E-state index contributed by atoms with van der Waals surface area (Å²) in [6.45, 7) is 9.93. The van der Waals surface area contributed by atoms with Crippen LogP contribution in [-0.4, -0.2) is 71.1 Å². The van der Waals surface area contributed by atoms with Gasteiger partial charge in [-0.2, -0.15) is 0 Å². The predicted molar refractivity (Wildman–Crippen MR) is 167 cm³/mol. The van der Waals surface area contributed by atoms with Crippen molar-refractivity contribution in [1.82, 2.24) is 20.9 Å². The number of nitrogens with zero attached hydrogens (tertiary/aromatic N) is 1. The Balaban J connectivity index is 1.28. The summed E-state index contributed by atoms with van der Waals surface area (Å²) in [6.07, 6.45) is 3.70. The van der Waals surface area contributed by atoms with E-state index in [-0.39, 0.29) is 35.7 Å². The first-order valence-electron chi connectivity index (χ1n) is 16.3. The summed E-state index contributed by atoms with van der Waals surface area (Å²) in [7, 11) is 0. The predicted octanol–water partition coefficient (Wildman–Crippen LogP) is 2.04. The van der Waals surface area contributed by atoms with E-state index in [1.165, 1.54) is 4.90 Å². The number of carbonyl (C=O) groups excluding carboxylic acids is 6. The Bertz CT molecular complexity index is 1380. The fourth-order valence-corrected chi connectivity index (χ4v) is 6.91. The molecule has 1 aromatic carbocycles. The van der Waals surface area contributed by atoms with Gasteiger partial charge in [-0.15, -0.1) is 0 Å². The van der Waals surface area contributed by atoms with Gasteiger partial charge in [0, 0.05) is 6.54 Å². The van der Waals surface area contributed by atoms with Crippen molar-refractivity contribution < 1.29 is 33.5 Å². The van der Waals surface area contributed by atoms with Crippen molar-refractivity contribution in [3.63, 3.8) is 0 Å². The number of ether oxygens (including phenoxy) is 1. The topological polar surface area (TPSA) is 177 Å². The number of likely N-dealkylation sites (tertiary alicyclic amines) is 1. The zero-order chi connectivity index (χ0) is 33.6. The van der Waals surface area contributed by atoms with E-state index in [1.807, 2.05) is 65.0 Å². The number of nitrogens with one attached hydrogen (secondary N) is 3. The van der Waals surface area contributed by atoms with E-state index in [1.54, 1.807) is 0 Å². The molecule has 3 saturated carbocycles. The number of benzene rings is 1. The van der Waals surface area contributed by atoms with E-state index in [0.29, 0.717) is 13.0 Å². The summed E-state index contributed by atoms with van der Waals surface area (Å²) in [5.41, 5.74) is 5.17. The molecule has 3 aliphatic carbocycles. The highest BCUT2D eigenvalue weighted by atomic mass is 16.5. The van der Waals surface area contributed by atoms with Crippen LogP contribution in [0.5, 0.6) is 0 Å². The zero-order valence-electron chi connectivity index (χ0n) is 27.3. The normalized spacial score (nSPS) is 24.9. The summed E-state index contributed by atoms with van der Waals surface area (Å²) in [5, 5.41) is 8.30. The number of hydrogen-bond acceptors (Lipinski definition) is 7. The monoisotopic (exact) mass is 637 g/mol. The van der Waals surface area contributed by atoms with Gasteiger partial charge in [-0.25, -0.2) is 9.59 Å². The van der Waals surface area contributed by atoms with Gasteiger partial charge in [-0.3, -0.25) is 19.2 Å². The maximum absolute atomic E-state index is 14.2. The number of amides is 5. The number of ketones is 1. The number of Topliss-reactive ketones (excluding diaryl/α,β-unsaturated/α-hetero) is 1. The summed E-state index contributed by atoms with van der Waals surface area (Å²) < 4.78 is 5.51. The average molecular weight is 638 g/mol. The van der Waals surface area contributed by atoms with E-state index >= 15 is 0 Å². The largest absolute Gasteiger partial charge is 0.459 e. The lowest BCUT2D eigenvalue weighted by Crippen LogP contribution is -2.62. The fraction of sp³-hybridized carbons (Fsp3) is 0.647. The standard InChI is InChI=1S/C34H47N5O7/c1-33(2,3)27(38-32(45)37-24(20-13-14-20)31(44)46-17-19-9-7-6-8-10-19)30(43)39-16-21-23(34(21,4)5)25(39)29(42)36-22(15-18-11-12-18)26(40)28(35)41/h6-10,18,20-25,27H,11-17H2,1-5H3,(H2,35,41)(H,36,42)(H2,37,38,45)/t21-,22?,23?,24-,25-,27+/m0/s1. The van der Waals surface area contributed by atoms with Crippen molar-refractivity contribution in [2.45, 2.75) is 97.5 Å². The first-order valence-corrected chi connectivity index (χ1v) is 16.3. The molecule has 5 N–H and O–H groups in total. The van der Waals surface area contributed by atoms with E-state index < -0.39 is 65.1 Å². The minimum absolute atomic E-state index is 0.0505. The van der Waals surface area contributed by atoms with Crippen LogP contribution in [0.25, 0.3) is 0 Å². The number of urea groups is 1. The number of esters is 1. The SMILES string of the molecule is CC(C)(C)[C@H](NC(=O)N[C@H](C(=O)OCc1ccccc1)C1CC1)C(=O)N1C[C@H]2C([C@H]1C(=O)NC(CC1CC1)C(=O)C(N)=O)C2(C)C. The Hall–Kier alpha value is -3.96. The third kappa shape index (κ3) is 7.36. The van der Waals surface area contributed by atoms with Crippen LogP contribution in [0.1, 0.15) is 72.3 Å². The lowest BCUT2D eigenvalue weighted by Gasteiger charge is -2.38. The van der Waals surface area contributed by atoms with E-state index in [9.17, 15) is 28.8 Å². The van der Waals surface area contributed by atoms with Gasteiger partial charge in [0.05, 0.1) is 6.04 Å². The minimum atomic E-state index is -1.11. The maximum atomic E-state index is 14.2. The molecule has 0 aromatic heterocycles. The number of fused-ring (bicyclic) bond motifs is 1. The molecule has 46 heavy (non-hydrogen) atoms. The third-order valence-corrected chi connectivity index (χ3v) is 10.1. The van der Waals surface area contributed by atoms with Crippen LogP contribution in [0, 0.1) is 34.5 Å². The summed E-state index contributed by atoms with van der Waals surface area (Å²) in [5.74, 6) is -3.31. The quantitative estimate of drug-likeness (QED) is 0.189. The second-order valence-corrected chi connectivity index (χ2v) is 15.2. The summed E-state index contributed by atoms with van der Waals surface area (Å²) in [6, 6.07) is 4.78. The molecular formula is C34H47N5O7. The van der Waals surface area contributed by atoms with Crippen molar-refractivity contribution in [2.75, 3.05) is 6.54 Å². The highest BCUT2D eigenvalue weighted by molar-refractivity contribution is 6.37. The summed E-state index contributed by atoms with van der Waals surface area (Å²) in [4.78, 5) is 80.3. The van der Waals surface area contributed by atoms with Crippen LogP contribution in [0.15, 0.2) is 30.3 Å². The smallest absolute Gasteiger partial charge is 0.329 e. The molecule has 0 radical (unpaired) electrons. The van der Waals surface area contributed by atoms with Gasteiger partial charge in [0.2, 0.25) is 17.6 Å². The molecule has 0 spiro atoms. The van der Waals surface area contributed by atoms with Crippen LogP contribution >= 0.6 is 0 Å². The molecule has 12 nitrogen and oxygen atoms in total. The Kier molecular flexibility index (Phi) is 9.21. The Morgan fingerprint density at radius 1 is 0.978 bits per heavy atom. The molecule has 1 heterocycles. The van der Waals surface area contributed by atoms with Gasteiger partial charge in [-0.05, 0) is 59.3 Å². The molecule has 5 amide bonds. The van der Waals surface area contributed by atoms with Gasteiger partial charge < -0.3 is 31.3 Å². The van der Waals surface area contributed by atoms with Gasteiger partial charge in [-0.1, -0.05) is 77.8 Å². The van der Waals surface area contributed by atoms with Crippen LogP contribution < -0.4 is 21.7 Å². The molecular weight excluding hydrogens is 590 g/mol. The Labute approximate surface area is 269 Å². The highest BCUT2D eigenvalue weighted by Gasteiger charge is 2.70. The second-order valence-electron chi connectivity index (χ2n) is 15.2. The molecule has 250 valence electrons. The van der Waals surface area contributed by atoms with Crippen molar-refractivity contribution in [3.05, 3.63) is 35.9 Å². The van der Waals surface area contributed by atoms with Gasteiger partial charge >= 0.3 is 12.0 Å². The molecule has 0 bridgehead atoms. The van der Waals surface area contributed by atoms with Crippen molar-refractivity contribution in [1.29, 1.82) is 0 Å². The molecule has 4 fully saturated rings. The number of rotatable bonds is 13. The van der Waals surface area contributed by atoms with Crippen LogP contribution in [-0.2, 0) is 35.3 Å². The number of primary amides is 1. The molecule has 1 saturated heterocycles. The maximum Gasteiger partial charge on any atom is 0.329 e. The fourth-order valence-electron chi connectivity index (χ4n) is 6.91. The lowest BCUT2D eigenvalue weighted by atomic mass is 9.85. The molecule has 5 rings (SSSR count). The number of carbonyl (C=O) groups is 6. The lowest BCUT2D eigenvalue weighted by molar-refractivity contribution is -0.147. The van der Waals surface area contributed by atoms with Gasteiger partial charge in [0.15, 0.2) is 0 Å². The molecule has 4 aliphatic rings. The zero-order valence-corrected chi connectivity index (χ0v) is 27.3. The second kappa shape index (κ2) is 12.7. The molecule has 12 heteroatoms. The van der Waals surface area contributed by atoms with Crippen LogP contribution in [0.2, 0.25) is 0 Å². The van der Waals surface area contributed by atoms with Crippen LogP contribution in [0.3, 0.4) is 0 Å². The number of piperidine rings is 1. The van der Waals surface area contributed by atoms with E-state index in [2.05, 4.69) is 16.0 Å². The van der Waals surface area contributed by atoms with Crippen molar-refractivity contribution in [2.24, 2.45) is 40.2 Å². The Morgan fingerprint density at radius 3 is 2.20 bits per heavy atom. The molecule has 1 aliphatic heterocycles. The molecule has 6 atom stereocenters. The van der Waals surface area contributed by atoms with Crippen molar-refractivity contribution in [3.8, 4) is 0 Å². The highest BCUT2D eigenvalue weighted by Crippen LogP contribution is 2.65. The number of hydrogen-bond donors (Lipinski definition) is 4. The molecule has 1 aromatic rings. The Morgan fingerprint density at radius 2 is 1.63 bits per heavy atom. The molecule has 2 unspecified atom stereocenters. The first kappa shape index (κ1) is 33.4. The van der Waals surface area contributed by atoms with Crippen LogP contribution in [0.4, 0.5) is 4.79 Å². The number of nitrogens with two attached hydrogens (primary N) is 1. The van der Waals surface area contributed by atoms with Crippen molar-refractivity contribution >= 4 is 35.5 Å². The van der Waals surface area contributed by atoms with E-state index in [4.69, 9.17) is 10.5 Å².